The highest BCUT2D eigenvalue weighted by atomic mass is 19.4. The lowest BCUT2D eigenvalue weighted by atomic mass is 9.96. The number of alkyl halides is 3. The molecule has 3 rings (SSSR count). The van der Waals surface area contributed by atoms with Crippen LogP contribution in [0.15, 0.2) is 12.1 Å². The van der Waals surface area contributed by atoms with Crippen molar-refractivity contribution in [1.29, 1.82) is 0 Å². The van der Waals surface area contributed by atoms with E-state index in [-0.39, 0.29) is 24.5 Å². The second kappa shape index (κ2) is 12.2. The van der Waals surface area contributed by atoms with E-state index in [0.717, 1.165) is 12.1 Å². The van der Waals surface area contributed by atoms with E-state index in [4.69, 9.17) is 14.3 Å². The van der Waals surface area contributed by atoms with E-state index < -0.39 is 58.2 Å². The number of hydrogen-bond donors (Lipinski definition) is 0. The molecule has 0 bridgehead atoms. The van der Waals surface area contributed by atoms with Gasteiger partial charge in [0.1, 0.15) is 5.75 Å². The summed E-state index contributed by atoms with van der Waals surface area (Å²) in [5.41, 5.74) is -3.74. The number of hydrogen-bond acceptors (Lipinski definition) is 7. The van der Waals surface area contributed by atoms with Crippen molar-refractivity contribution in [2.75, 3.05) is 38.3 Å². The molecule has 0 N–H and O–H groups in total. The Hall–Kier alpha value is -2.86. The Labute approximate surface area is 239 Å². The predicted molar refractivity (Wildman–Crippen MR) is 146 cm³/mol. The highest BCUT2D eigenvalue weighted by molar-refractivity contribution is 6.05. The lowest BCUT2D eigenvalue weighted by molar-refractivity contribution is -0.208. The highest BCUT2D eigenvalue weighted by Crippen LogP contribution is 2.44. The van der Waals surface area contributed by atoms with Crippen LogP contribution in [0.2, 0.25) is 0 Å². The standard InChI is InChI=1S/C29H42F3N3O6/c1-18(2)35(19-11-9-12-33(17-19)41-26(38)27(3,4)5)24(36)20-15-22-23(16-21(20)29(30,31)32)40-28(6,7)25(37)34(22)13-10-14-39-8/h15-16,18-19H,9-14,17H2,1-8H3/t19-/m1/s1. The van der Waals surface area contributed by atoms with Crippen LogP contribution in [0.1, 0.15) is 83.7 Å². The third-order valence-electron chi connectivity index (χ3n) is 7.15. The van der Waals surface area contributed by atoms with E-state index in [9.17, 15) is 27.6 Å². The largest absolute Gasteiger partial charge is 0.476 e. The van der Waals surface area contributed by atoms with Crippen LogP contribution in [0.5, 0.6) is 5.75 Å². The van der Waals surface area contributed by atoms with Crippen molar-refractivity contribution in [3.63, 3.8) is 0 Å². The first kappa shape index (κ1) is 32.7. The Bertz CT molecular complexity index is 1150. The molecule has 41 heavy (non-hydrogen) atoms. The van der Waals surface area contributed by atoms with Crippen molar-refractivity contribution in [2.24, 2.45) is 5.41 Å². The topological polar surface area (TPSA) is 88.6 Å². The van der Waals surface area contributed by atoms with Gasteiger partial charge in [-0.3, -0.25) is 9.59 Å². The molecular formula is C29H42F3N3O6. The van der Waals surface area contributed by atoms with Crippen LogP contribution in [0.3, 0.4) is 0 Å². The van der Waals surface area contributed by atoms with Gasteiger partial charge in [-0.05, 0) is 79.9 Å². The molecule has 1 fully saturated rings. The average molecular weight is 586 g/mol. The fraction of sp³-hybridized carbons (Fsp3) is 0.690. The Morgan fingerprint density at radius 3 is 2.41 bits per heavy atom. The fourth-order valence-corrected chi connectivity index (χ4v) is 5.06. The van der Waals surface area contributed by atoms with Crippen LogP contribution in [0.25, 0.3) is 0 Å². The Balaban J connectivity index is 2.05. The molecule has 2 amide bonds. The zero-order valence-corrected chi connectivity index (χ0v) is 25.2. The fourth-order valence-electron chi connectivity index (χ4n) is 5.06. The van der Waals surface area contributed by atoms with E-state index >= 15 is 0 Å². The quantitative estimate of drug-likeness (QED) is 0.394. The summed E-state index contributed by atoms with van der Waals surface area (Å²) in [6.07, 6.45) is -3.32. The van der Waals surface area contributed by atoms with Crippen molar-refractivity contribution in [3.8, 4) is 5.75 Å². The molecular weight excluding hydrogens is 543 g/mol. The van der Waals surface area contributed by atoms with Gasteiger partial charge in [-0.15, -0.1) is 5.06 Å². The normalized spacial score (nSPS) is 19.6. The van der Waals surface area contributed by atoms with Crippen molar-refractivity contribution >= 4 is 23.5 Å². The maximum absolute atomic E-state index is 14.4. The van der Waals surface area contributed by atoms with E-state index in [1.54, 1.807) is 34.6 Å². The molecule has 0 spiro atoms. The SMILES string of the molecule is COCCCN1C(=O)C(C)(C)Oc2cc(C(F)(F)F)c(C(=O)N(C(C)C)[C@@H]3CCCN(OC(=O)C(C)(C)C)C3)cc21. The number of hydroxylamine groups is 2. The van der Waals surface area contributed by atoms with Crippen LogP contribution in [0, 0.1) is 5.41 Å². The van der Waals surface area contributed by atoms with Gasteiger partial charge in [-0.1, -0.05) is 0 Å². The first-order valence-electron chi connectivity index (χ1n) is 13.9. The zero-order chi connectivity index (χ0) is 30.9. The van der Waals surface area contributed by atoms with E-state index in [0.29, 0.717) is 32.4 Å². The molecule has 1 saturated heterocycles. The summed E-state index contributed by atoms with van der Waals surface area (Å²) in [6.45, 7) is 12.8. The van der Waals surface area contributed by atoms with Crippen molar-refractivity contribution in [3.05, 3.63) is 23.3 Å². The maximum Gasteiger partial charge on any atom is 0.417 e. The number of fused-ring (bicyclic) bond motifs is 1. The van der Waals surface area contributed by atoms with Gasteiger partial charge >= 0.3 is 12.1 Å². The van der Waals surface area contributed by atoms with Gasteiger partial charge in [0.2, 0.25) is 0 Å². The van der Waals surface area contributed by atoms with Crippen LogP contribution in [-0.4, -0.2) is 78.8 Å². The van der Waals surface area contributed by atoms with Gasteiger partial charge in [0.15, 0.2) is 5.60 Å². The van der Waals surface area contributed by atoms with Crippen LogP contribution in [-0.2, 0) is 25.3 Å². The number of carbonyl (C=O) groups is 3. The third-order valence-corrected chi connectivity index (χ3v) is 7.15. The summed E-state index contributed by atoms with van der Waals surface area (Å²) in [6, 6.07) is 0.973. The number of halogens is 3. The number of methoxy groups -OCH3 is 1. The molecule has 2 aliphatic heterocycles. The maximum atomic E-state index is 14.4. The summed E-state index contributed by atoms with van der Waals surface area (Å²) in [7, 11) is 1.52. The Morgan fingerprint density at radius 1 is 1.20 bits per heavy atom. The smallest absolute Gasteiger partial charge is 0.417 e. The van der Waals surface area contributed by atoms with Crippen LogP contribution in [0.4, 0.5) is 18.9 Å². The molecule has 2 aliphatic rings. The van der Waals surface area contributed by atoms with Gasteiger partial charge < -0.3 is 24.1 Å². The summed E-state index contributed by atoms with van der Waals surface area (Å²) in [5, 5.41) is 1.48. The molecule has 230 valence electrons. The number of ether oxygens (including phenoxy) is 2. The minimum atomic E-state index is -4.86. The molecule has 9 nitrogen and oxygen atoms in total. The minimum absolute atomic E-state index is 0.106. The second-order valence-electron chi connectivity index (χ2n) is 12.4. The van der Waals surface area contributed by atoms with Crippen LogP contribution < -0.4 is 9.64 Å². The number of rotatable bonds is 8. The molecule has 0 unspecified atom stereocenters. The minimum Gasteiger partial charge on any atom is -0.476 e. The first-order chi connectivity index (χ1) is 18.9. The number of amides is 2. The number of carbonyl (C=O) groups excluding carboxylic acids is 3. The zero-order valence-electron chi connectivity index (χ0n) is 25.2. The van der Waals surface area contributed by atoms with Gasteiger partial charge in [0, 0.05) is 38.9 Å². The van der Waals surface area contributed by atoms with Gasteiger partial charge in [-0.25, -0.2) is 4.79 Å². The van der Waals surface area contributed by atoms with E-state index in [1.807, 2.05) is 0 Å². The van der Waals surface area contributed by atoms with Crippen molar-refractivity contribution in [1.82, 2.24) is 9.96 Å². The van der Waals surface area contributed by atoms with Gasteiger partial charge in [-0.2, -0.15) is 13.2 Å². The number of piperidine rings is 1. The Morgan fingerprint density at radius 2 is 1.85 bits per heavy atom. The predicted octanol–water partition coefficient (Wildman–Crippen LogP) is 5.07. The Kier molecular flexibility index (Phi) is 9.69. The lowest BCUT2D eigenvalue weighted by Gasteiger charge is -2.42. The average Bonchev–Trinajstić information content (AvgIpc) is 2.84. The molecule has 0 radical (unpaired) electrons. The van der Waals surface area contributed by atoms with Gasteiger partial charge in [0.25, 0.3) is 11.8 Å². The number of nitrogens with zero attached hydrogens (tertiary/aromatic N) is 3. The molecule has 0 aromatic heterocycles. The number of anilines is 1. The molecule has 1 aromatic rings. The lowest BCUT2D eigenvalue weighted by Crippen LogP contribution is -2.54. The van der Waals surface area contributed by atoms with E-state index in [2.05, 4.69) is 0 Å². The molecule has 0 saturated carbocycles. The summed E-state index contributed by atoms with van der Waals surface area (Å²) >= 11 is 0. The molecule has 2 heterocycles. The van der Waals surface area contributed by atoms with E-state index in [1.165, 1.54) is 35.8 Å². The van der Waals surface area contributed by atoms with Crippen molar-refractivity contribution in [2.45, 2.75) is 91.6 Å². The van der Waals surface area contributed by atoms with Crippen LogP contribution >= 0.6 is 0 Å². The molecule has 12 heteroatoms. The highest BCUT2D eigenvalue weighted by Gasteiger charge is 2.45. The molecule has 0 aliphatic carbocycles. The monoisotopic (exact) mass is 585 g/mol. The third kappa shape index (κ3) is 7.32. The van der Waals surface area contributed by atoms with Gasteiger partial charge in [0.05, 0.1) is 28.8 Å². The number of benzene rings is 1. The molecule has 1 aromatic carbocycles. The van der Waals surface area contributed by atoms with Crippen molar-refractivity contribution < 1.29 is 41.9 Å². The second-order valence-corrected chi connectivity index (χ2v) is 12.4. The molecule has 1 atom stereocenters. The summed E-state index contributed by atoms with van der Waals surface area (Å²) < 4.78 is 54.1. The summed E-state index contributed by atoms with van der Waals surface area (Å²) in [4.78, 5) is 48.1. The first-order valence-corrected chi connectivity index (χ1v) is 13.9. The summed E-state index contributed by atoms with van der Waals surface area (Å²) in [5.74, 6) is -1.80.